The maximum absolute atomic E-state index is 13.6. The fourth-order valence-electron chi connectivity index (χ4n) is 3.28. The molecule has 0 spiro atoms. The molecule has 0 atom stereocenters. The first kappa shape index (κ1) is 17.7. The Balaban J connectivity index is 1.77. The molecule has 1 aliphatic heterocycles. The molecule has 0 saturated carbocycles. The van der Waals surface area contributed by atoms with Gasteiger partial charge in [-0.15, -0.1) is 0 Å². The van der Waals surface area contributed by atoms with Gasteiger partial charge in [0.1, 0.15) is 11.5 Å². The third-order valence-electron chi connectivity index (χ3n) is 4.71. The van der Waals surface area contributed by atoms with Crippen molar-refractivity contribution in [2.24, 2.45) is 13.0 Å². The summed E-state index contributed by atoms with van der Waals surface area (Å²) < 4.78 is 20.4. The highest BCUT2D eigenvalue weighted by Gasteiger charge is 2.29. The highest BCUT2D eigenvalue weighted by Crippen LogP contribution is 2.27. The summed E-state index contributed by atoms with van der Waals surface area (Å²) in [5.41, 5.74) is 1.18. The summed E-state index contributed by atoms with van der Waals surface area (Å²) >= 11 is 5.84. The van der Waals surface area contributed by atoms with Gasteiger partial charge in [0.15, 0.2) is 0 Å². The highest BCUT2D eigenvalue weighted by molar-refractivity contribution is 6.31. The minimum Gasteiger partial charge on any atom is -0.466 e. The summed E-state index contributed by atoms with van der Waals surface area (Å²) in [4.78, 5) is 26.4. The summed E-state index contributed by atoms with van der Waals surface area (Å²) in [7, 11) is 1.76. The number of fused-ring (bicyclic) bond motifs is 1. The van der Waals surface area contributed by atoms with Gasteiger partial charge in [-0.25, -0.2) is 4.39 Å². The third-order valence-corrected chi connectivity index (χ3v) is 5.00. The number of hydrogen-bond acceptors (Lipinski definition) is 3. The number of ether oxygens (including phenoxy) is 1. The Bertz CT molecular complexity index is 825. The predicted octanol–water partition coefficient (Wildman–Crippen LogP) is 3.39. The number of likely N-dealkylation sites (tertiary alicyclic amines) is 1. The lowest BCUT2D eigenvalue weighted by atomic mass is 9.97. The maximum atomic E-state index is 13.6. The van der Waals surface area contributed by atoms with Crippen LogP contribution in [0.1, 0.15) is 30.3 Å². The molecule has 7 heteroatoms. The molecule has 134 valence electrons. The van der Waals surface area contributed by atoms with Crippen LogP contribution in [-0.2, 0) is 16.6 Å². The van der Waals surface area contributed by atoms with Gasteiger partial charge < -0.3 is 14.2 Å². The fourth-order valence-corrected chi connectivity index (χ4v) is 3.44. The maximum Gasteiger partial charge on any atom is 0.309 e. The topological polar surface area (TPSA) is 51.5 Å². The zero-order valence-corrected chi connectivity index (χ0v) is 15.0. The molecule has 1 aliphatic rings. The zero-order chi connectivity index (χ0) is 18.1. The van der Waals surface area contributed by atoms with Crippen LogP contribution in [0.15, 0.2) is 18.2 Å². The van der Waals surface area contributed by atoms with E-state index in [0.29, 0.717) is 49.1 Å². The first-order valence-corrected chi connectivity index (χ1v) is 8.70. The molecule has 1 aromatic heterocycles. The van der Waals surface area contributed by atoms with Gasteiger partial charge in [0, 0.05) is 25.5 Å². The molecule has 25 heavy (non-hydrogen) atoms. The third kappa shape index (κ3) is 3.35. The van der Waals surface area contributed by atoms with Crippen LogP contribution < -0.4 is 0 Å². The van der Waals surface area contributed by atoms with Gasteiger partial charge in [-0.3, -0.25) is 9.59 Å². The highest BCUT2D eigenvalue weighted by atomic mass is 35.5. The number of nitrogens with zero attached hydrogens (tertiary/aromatic N) is 2. The van der Waals surface area contributed by atoms with Crippen LogP contribution in [0.25, 0.3) is 10.9 Å². The molecule has 1 fully saturated rings. The lowest BCUT2D eigenvalue weighted by molar-refractivity contribution is -0.149. The summed E-state index contributed by atoms with van der Waals surface area (Å²) in [5, 5.41) is 0.664. The molecule has 0 radical (unpaired) electrons. The summed E-state index contributed by atoms with van der Waals surface area (Å²) in [6, 6.07) is 4.53. The van der Waals surface area contributed by atoms with Gasteiger partial charge >= 0.3 is 5.97 Å². The standard InChI is InChI=1S/C18H20ClFN2O3/c1-3-25-18(24)11-4-6-22(7-5-11)17(23)16-9-12-8-14(20)13(19)10-15(12)21(16)2/h8-11H,3-7H2,1-2H3. The molecule has 0 unspecified atom stereocenters. The van der Waals surface area contributed by atoms with E-state index in [9.17, 15) is 14.0 Å². The van der Waals surface area contributed by atoms with Crippen molar-refractivity contribution < 1.29 is 18.7 Å². The Morgan fingerprint density at radius 2 is 1.96 bits per heavy atom. The molecular formula is C18H20ClFN2O3. The number of hydrogen-bond donors (Lipinski definition) is 0. The van der Waals surface area contributed by atoms with Crippen molar-refractivity contribution in [3.63, 3.8) is 0 Å². The normalized spacial score (nSPS) is 15.6. The van der Waals surface area contributed by atoms with Crippen molar-refractivity contribution in [1.29, 1.82) is 0 Å². The van der Waals surface area contributed by atoms with E-state index < -0.39 is 5.82 Å². The van der Waals surface area contributed by atoms with Crippen LogP contribution in [0.2, 0.25) is 5.02 Å². The Hall–Kier alpha value is -2.08. The molecule has 1 saturated heterocycles. The SMILES string of the molecule is CCOC(=O)C1CCN(C(=O)c2cc3cc(F)c(Cl)cc3n2C)CC1. The number of carbonyl (C=O) groups is 2. The van der Waals surface area contributed by atoms with Crippen LogP contribution in [-0.4, -0.2) is 41.0 Å². The number of aryl methyl sites for hydroxylation is 1. The second-order valence-electron chi connectivity index (χ2n) is 6.23. The predicted molar refractivity (Wildman–Crippen MR) is 93.1 cm³/mol. The molecule has 5 nitrogen and oxygen atoms in total. The van der Waals surface area contributed by atoms with Crippen molar-refractivity contribution in [1.82, 2.24) is 9.47 Å². The van der Waals surface area contributed by atoms with E-state index in [-0.39, 0.29) is 22.8 Å². The van der Waals surface area contributed by atoms with E-state index in [1.165, 1.54) is 12.1 Å². The molecule has 0 aliphatic carbocycles. The number of amides is 1. The second kappa shape index (κ2) is 7.04. The van der Waals surface area contributed by atoms with Gasteiger partial charge in [-0.2, -0.15) is 0 Å². The lowest BCUT2D eigenvalue weighted by Crippen LogP contribution is -2.41. The van der Waals surface area contributed by atoms with Crippen LogP contribution in [0.4, 0.5) is 4.39 Å². The van der Waals surface area contributed by atoms with Crippen molar-refractivity contribution in [3.05, 3.63) is 34.7 Å². The number of esters is 1. The molecule has 0 N–H and O–H groups in total. The van der Waals surface area contributed by atoms with Crippen LogP contribution >= 0.6 is 11.6 Å². The van der Waals surface area contributed by atoms with E-state index in [2.05, 4.69) is 0 Å². The lowest BCUT2D eigenvalue weighted by Gasteiger charge is -2.31. The zero-order valence-electron chi connectivity index (χ0n) is 14.2. The van der Waals surface area contributed by atoms with E-state index in [1.54, 1.807) is 29.5 Å². The average molecular weight is 367 g/mol. The number of rotatable bonds is 3. The van der Waals surface area contributed by atoms with Gasteiger partial charge in [-0.1, -0.05) is 11.6 Å². The number of piperidine rings is 1. The van der Waals surface area contributed by atoms with Crippen molar-refractivity contribution in [2.45, 2.75) is 19.8 Å². The Morgan fingerprint density at radius 1 is 1.28 bits per heavy atom. The molecular weight excluding hydrogens is 347 g/mol. The minimum absolute atomic E-state index is 0.0305. The first-order chi connectivity index (χ1) is 11.9. The largest absolute Gasteiger partial charge is 0.466 e. The average Bonchev–Trinajstić information content (AvgIpc) is 2.91. The van der Waals surface area contributed by atoms with Crippen molar-refractivity contribution in [2.75, 3.05) is 19.7 Å². The monoisotopic (exact) mass is 366 g/mol. The van der Waals surface area contributed by atoms with Crippen LogP contribution in [0.5, 0.6) is 0 Å². The second-order valence-corrected chi connectivity index (χ2v) is 6.64. The minimum atomic E-state index is -0.506. The number of aromatic nitrogens is 1. The van der Waals surface area contributed by atoms with Crippen molar-refractivity contribution >= 4 is 34.4 Å². The van der Waals surface area contributed by atoms with Crippen LogP contribution in [0.3, 0.4) is 0 Å². The van der Waals surface area contributed by atoms with Crippen LogP contribution in [0, 0.1) is 11.7 Å². The first-order valence-electron chi connectivity index (χ1n) is 8.32. The quantitative estimate of drug-likeness (QED) is 0.782. The molecule has 1 amide bonds. The number of halogens is 2. The van der Waals surface area contributed by atoms with Gasteiger partial charge in [-0.05, 0) is 38.0 Å². The van der Waals surface area contributed by atoms with Gasteiger partial charge in [0.25, 0.3) is 5.91 Å². The van der Waals surface area contributed by atoms with E-state index in [0.717, 1.165) is 0 Å². The van der Waals surface area contributed by atoms with Gasteiger partial charge in [0.05, 0.1) is 23.1 Å². The molecule has 3 rings (SSSR count). The molecule has 0 bridgehead atoms. The Kier molecular flexibility index (Phi) is 4.99. The molecule has 1 aromatic carbocycles. The van der Waals surface area contributed by atoms with E-state index in [1.807, 2.05) is 0 Å². The Morgan fingerprint density at radius 3 is 2.60 bits per heavy atom. The van der Waals surface area contributed by atoms with E-state index in [4.69, 9.17) is 16.3 Å². The van der Waals surface area contributed by atoms with Crippen molar-refractivity contribution in [3.8, 4) is 0 Å². The number of carbonyl (C=O) groups excluding carboxylic acids is 2. The summed E-state index contributed by atoms with van der Waals surface area (Å²) in [6.07, 6.45) is 1.18. The fraction of sp³-hybridized carbons (Fsp3) is 0.444. The Labute approximate surface area is 150 Å². The van der Waals surface area contributed by atoms with E-state index >= 15 is 0 Å². The summed E-state index contributed by atoms with van der Waals surface area (Å²) in [6.45, 7) is 3.15. The molecule has 2 aromatic rings. The number of benzene rings is 1. The smallest absolute Gasteiger partial charge is 0.309 e. The van der Waals surface area contributed by atoms with Gasteiger partial charge in [0.2, 0.25) is 0 Å². The summed E-state index contributed by atoms with van der Waals surface area (Å²) in [5.74, 6) is -0.972. The molecule has 2 heterocycles.